The summed E-state index contributed by atoms with van der Waals surface area (Å²) in [7, 11) is 0. The zero-order valence-electron chi connectivity index (χ0n) is 6.55. The highest BCUT2D eigenvalue weighted by molar-refractivity contribution is 4.86. The zero-order chi connectivity index (χ0) is 6.97. The van der Waals surface area contributed by atoms with Gasteiger partial charge in [-0.1, -0.05) is 12.8 Å². The van der Waals surface area contributed by atoms with Gasteiger partial charge in [0.2, 0.25) is 0 Å². The Hall–Kier alpha value is -0.0400. The van der Waals surface area contributed by atoms with Crippen molar-refractivity contribution in [3.8, 4) is 0 Å². The lowest BCUT2D eigenvalue weighted by atomic mass is 9.65. The second kappa shape index (κ2) is 2.54. The molecule has 1 nitrogen and oxygen atoms in total. The number of rotatable bonds is 1. The van der Waals surface area contributed by atoms with Crippen molar-refractivity contribution >= 4 is 0 Å². The third kappa shape index (κ3) is 0.968. The molecule has 0 aromatic rings. The number of hydrogen-bond donors (Lipinski definition) is 1. The Kier molecular flexibility index (Phi) is 1.69. The zero-order valence-corrected chi connectivity index (χ0v) is 6.55. The van der Waals surface area contributed by atoms with Crippen LogP contribution in [-0.2, 0) is 0 Å². The monoisotopic (exact) mass is 139 g/mol. The van der Waals surface area contributed by atoms with Crippen LogP contribution < -0.4 is 5.73 Å². The van der Waals surface area contributed by atoms with Gasteiger partial charge < -0.3 is 5.73 Å². The average molecular weight is 139 g/mol. The Balaban J connectivity index is 2.01. The highest BCUT2D eigenvalue weighted by Crippen LogP contribution is 2.44. The van der Waals surface area contributed by atoms with Crippen molar-refractivity contribution in [3.05, 3.63) is 0 Å². The van der Waals surface area contributed by atoms with E-state index in [4.69, 9.17) is 5.73 Å². The maximum Gasteiger partial charge on any atom is -0.00461 e. The van der Waals surface area contributed by atoms with Crippen molar-refractivity contribution < 1.29 is 0 Å². The summed E-state index contributed by atoms with van der Waals surface area (Å²) in [6.45, 7) is 0.946. The van der Waals surface area contributed by atoms with E-state index in [1.807, 2.05) is 0 Å². The van der Waals surface area contributed by atoms with Crippen LogP contribution in [0.15, 0.2) is 0 Å². The van der Waals surface area contributed by atoms with Gasteiger partial charge in [0.1, 0.15) is 0 Å². The molecule has 2 N–H and O–H groups in total. The Morgan fingerprint density at radius 1 is 1.10 bits per heavy atom. The average Bonchev–Trinajstić information content (AvgIpc) is 2.06. The molecule has 3 aliphatic rings. The molecule has 0 heterocycles. The number of nitrogens with two attached hydrogens (primary N) is 1. The van der Waals surface area contributed by atoms with Crippen LogP contribution in [0.4, 0.5) is 0 Å². The Labute approximate surface area is 63.0 Å². The molecule has 3 aliphatic carbocycles. The smallest absolute Gasteiger partial charge is 0.00461 e. The molecule has 0 saturated heterocycles. The topological polar surface area (TPSA) is 26.0 Å². The van der Waals surface area contributed by atoms with E-state index >= 15 is 0 Å². The van der Waals surface area contributed by atoms with Gasteiger partial charge in [-0.15, -0.1) is 0 Å². The fourth-order valence-electron chi connectivity index (χ4n) is 2.80. The Morgan fingerprint density at radius 3 is 2.10 bits per heavy atom. The van der Waals surface area contributed by atoms with Crippen LogP contribution >= 0.6 is 0 Å². The minimum atomic E-state index is 0.896. The largest absolute Gasteiger partial charge is 0.330 e. The van der Waals surface area contributed by atoms with Gasteiger partial charge in [0.05, 0.1) is 0 Å². The summed E-state index contributed by atoms with van der Waals surface area (Å²) in [6, 6.07) is 0. The van der Waals surface area contributed by atoms with Gasteiger partial charge in [-0.3, -0.25) is 0 Å². The van der Waals surface area contributed by atoms with Crippen LogP contribution in [0, 0.1) is 17.8 Å². The third-order valence-corrected chi connectivity index (χ3v) is 3.50. The molecule has 1 heteroatoms. The molecular weight excluding hydrogens is 122 g/mol. The molecule has 0 spiro atoms. The van der Waals surface area contributed by atoms with Gasteiger partial charge in [-0.25, -0.2) is 0 Å². The standard InChI is InChI=1S/C9H17N/c10-6-9-5-7-1-3-8(9)4-2-7/h7-9H,1-6,10H2/t7?,8?,9-/m1/s1. The fraction of sp³-hybridized carbons (Fsp3) is 1.00. The van der Waals surface area contributed by atoms with Crippen LogP contribution in [0.25, 0.3) is 0 Å². The van der Waals surface area contributed by atoms with E-state index in [-0.39, 0.29) is 0 Å². The maximum atomic E-state index is 5.69. The second-order valence-corrected chi connectivity index (χ2v) is 4.01. The molecule has 0 amide bonds. The summed E-state index contributed by atoms with van der Waals surface area (Å²) in [4.78, 5) is 0. The highest BCUT2D eigenvalue weighted by atomic mass is 14.6. The molecule has 0 aliphatic heterocycles. The Bertz CT molecular complexity index is 114. The summed E-state index contributed by atoms with van der Waals surface area (Å²) in [5, 5.41) is 0. The maximum absolute atomic E-state index is 5.69. The number of fused-ring (bicyclic) bond motifs is 3. The van der Waals surface area contributed by atoms with Crippen LogP contribution in [0.1, 0.15) is 32.1 Å². The first kappa shape index (κ1) is 6.66. The lowest BCUT2D eigenvalue weighted by Crippen LogP contribution is -2.35. The quantitative estimate of drug-likeness (QED) is 0.588. The summed E-state index contributed by atoms with van der Waals surface area (Å²) in [5.41, 5.74) is 5.69. The fourth-order valence-corrected chi connectivity index (χ4v) is 2.80. The third-order valence-electron chi connectivity index (χ3n) is 3.50. The first-order valence-electron chi connectivity index (χ1n) is 4.60. The van der Waals surface area contributed by atoms with Gasteiger partial charge in [0, 0.05) is 0 Å². The molecule has 0 aromatic heterocycles. The summed E-state index contributed by atoms with van der Waals surface area (Å²) in [5.74, 6) is 2.96. The van der Waals surface area contributed by atoms with Crippen molar-refractivity contribution in [3.63, 3.8) is 0 Å². The summed E-state index contributed by atoms with van der Waals surface area (Å²) in [6.07, 6.45) is 7.41. The normalized spacial score (nSPS) is 45.9. The van der Waals surface area contributed by atoms with Crippen molar-refractivity contribution in [2.75, 3.05) is 6.54 Å². The molecular formula is C9H17N. The predicted molar refractivity (Wildman–Crippen MR) is 42.6 cm³/mol. The second-order valence-electron chi connectivity index (χ2n) is 4.01. The SMILES string of the molecule is NC[C@H]1CC2CCC1CC2. The van der Waals surface area contributed by atoms with Gasteiger partial charge in [-0.2, -0.15) is 0 Å². The van der Waals surface area contributed by atoms with E-state index in [1.165, 1.54) is 32.1 Å². The van der Waals surface area contributed by atoms with Crippen LogP contribution in [0.5, 0.6) is 0 Å². The summed E-state index contributed by atoms with van der Waals surface area (Å²) >= 11 is 0. The first-order valence-corrected chi connectivity index (χ1v) is 4.60. The van der Waals surface area contributed by atoms with Gasteiger partial charge in [0.15, 0.2) is 0 Å². The van der Waals surface area contributed by atoms with Crippen molar-refractivity contribution in [1.82, 2.24) is 0 Å². The molecule has 3 rings (SSSR count). The molecule has 0 radical (unpaired) electrons. The molecule has 1 atom stereocenters. The lowest BCUT2D eigenvalue weighted by Gasteiger charge is -2.41. The minimum Gasteiger partial charge on any atom is -0.330 e. The molecule has 2 bridgehead atoms. The number of hydrogen-bond acceptors (Lipinski definition) is 1. The van der Waals surface area contributed by atoms with E-state index in [9.17, 15) is 0 Å². The van der Waals surface area contributed by atoms with Gasteiger partial charge in [-0.05, 0) is 43.6 Å². The predicted octanol–water partition coefficient (Wildman–Crippen LogP) is 1.77. The molecule has 3 fully saturated rings. The molecule has 0 aromatic carbocycles. The van der Waals surface area contributed by atoms with Gasteiger partial charge >= 0.3 is 0 Å². The van der Waals surface area contributed by atoms with E-state index < -0.39 is 0 Å². The first-order chi connectivity index (χ1) is 4.90. The van der Waals surface area contributed by atoms with E-state index in [2.05, 4.69) is 0 Å². The van der Waals surface area contributed by atoms with Gasteiger partial charge in [0.25, 0.3) is 0 Å². The van der Waals surface area contributed by atoms with E-state index in [0.717, 1.165) is 24.3 Å². The van der Waals surface area contributed by atoms with E-state index in [0.29, 0.717) is 0 Å². The molecule has 3 saturated carbocycles. The lowest BCUT2D eigenvalue weighted by molar-refractivity contribution is 0.104. The van der Waals surface area contributed by atoms with Crippen LogP contribution in [0.2, 0.25) is 0 Å². The molecule has 0 unspecified atom stereocenters. The van der Waals surface area contributed by atoms with Crippen molar-refractivity contribution in [2.45, 2.75) is 32.1 Å². The minimum absolute atomic E-state index is 0.896. The van der Waals surface area contributed by atoms with Crippen LogP contribution in [0.3, 0.4) is 0 Å². The molecule has 58 valence electrons. The van der Waals surface area contributed by atoms with Crippen molar-refractivity contribution in [1.29, 1.82) is 0 Å². The molecule has 10 heavy (non-hydrogen) atoms. The van der Waals surface area contributed by atoms with E-state index in [1.54, 1.807) is 0 Å². The highest BCUT2D eigenvalue weighted by Gasteiger charge is 2.34. The van der Waals surface area contributed by atoms with Crippen LogP contribution in [-0.4, -0.2) is 6.54 Å². The van der Waals surface area contributed by atoms with Crippen molar-refractivity contribution in [2.24, 2.45) is 23.5 Å². The summed E-state index contributed by atoms with van der Waals surface area (Å²) < 4.78 is 0. The Morgan fingerprint density at radius 2 is 1.80 bits per heavy atom.